The van der Waals surface area contributed by atoms with Crippen LogP contribution in [0.3, 0.4) is 0 Å². The fourth-order valence-electron chi connectivity index (χ4n) is 2.91. The van der Waals surface area contributed by atoms with Crippen molar-refractivity contribution in [3.05, 3.63) is 29.8 Å². The maximum absolute atomic E-state index is 12.5. The number of hydrogen-bond acceptors (Lipinski definition) is 10. The van der Waals surface area contributed by atoms with Crippen molar-refractivity contribution in [2.75, 3.05) is 6.61 Å². The zero-order valence-corrected chi connectivity index (χ0v) is 19.7. The molecule has 1 aromatic carbocycles. The van der Waals surface area contributed by atoms with Crippen molar-refractivity contribution < 1.29 is 45.9 Å². The number of hydrogen-bond donors (Lipinski definition) is 0. The van der Waals surface area contributed by atoms with Crippen molar-refractivity contribution in [3.63, 3.8) is 0 Å². The molecule has 0 bridgehead atoms. The Morgan fingerprint density at radius 3 is 1.90 bits per heavy atom. The molecule has 12 heteroatoms. The maximum atomic E-state index is 12.5. The largest absolute Gasteiger partial charge is 0.456 e. The first-order valence-electron chi connectivity index (χ1n) is 9.18. The lowest BCUT2D eigenvalue weighted by molar-refractivity contribution is -0.233. The Morgan fingerprint density at radius 2 is 1.39 bits per heavy atom. The number of ether oxygens (including phenoxy) is 4. The molecule has 1 aromatic rings. The summed E-state index contributed by atoms with van der Waals surface area (Å²) in [5.41, 5.74) is 0.868. The molecule has 0 radical (unpaired) electrons. The Hall–Kier alpha value is -2.02. The molecule has 31 heavy (non-hydrogen) atoms. The van der Waals surface area contributed by atoms with Crippen LogP contribution in [0.15, 0.2) is 29.2 Å². The molecule has 1 fully saturated rings. The van der Waals surface area contributed by atoms with Gasteiger partial charge in [-0.15, -0.1) is 0 Å². The topological polar surface area (TPSA) is 132 Å². The van der Waals surface area contributed by atoms with Crippen LogP contribution in [0.5, 0.6) is 0 Å². The van der Waals surface area contributed by atoms with Gasteiger partial charge in [-0.25, -0.2) is 0 Å². The highest BCUT2D eigenvalue weighted by molar-refractivity contribution is 9.09. The van der Waals surface area contributed by atoms with Crippen LogP contribution in [0.25, 0.3) is 0 Å². The summed E-state index contributed by atoms with van der Waals surface area (Å²) in [7, 11) is -4.15. The van der Waals surface area contributed by atoms with E-state index in [4.69, 9.17) is 23.1 Å². The van der Waals surface area contributed by atoms with Crippen LogP contribution < -0.4 is 0 Å². The molecule has 0 amide bonds. The van der Waals surface area contributed by atoms with E-state index in [1.165, 1.54) is 12.1 Å². The monoisotopic (exact) mass is 522 g/mol. The molecule has 1 saturated heterocycles. The molecular weight excluding hydrogens is 500 g/mol. The van der Waals surface area contributed by atoms with E-state index in [-0.39, 0.29) is 4.90 Å². The van der Waals surface area contributed by atoms with Gasteiger partial charge in [0.2, 0.25) is 0 Å². The fraction of sp³-hybridized carbons (Fsp3) is 0.526. The standard InChI is InChI=1S/C19H23BrO10S/c1-10-5-7-14(8-6-10)31(24,25)26-9-15-16(27-11(2)21)17(28-12(3)22)18(19(20)30-15)29-13(4)23/h5-8,15-19H,9H2,1-4H3/t15-,16-,17+,18-,19?/m1/s1. The van der Waals surface area contributed by atoms with Crippen molar-refractivity contribution in [2.24, 2.45) is 0 Å². The van der Waals surface area contributed by atoms with Crippen molar-refractivity contribution in [1.29, 1.82) is 0 Å². The second kappa shape index (κ2) is 10.5. The number of rotatable bonds is 7. The van der Waals surface area contributed by atoms with E-state index in [9.17, 15) is 22.8 Å². The summed E-state index contributed by atoms with van der Waals surface area (Å²) in [6.07, 6.45) is -4.88. The van der Waals surface area contributed by atoms with Crippen LogP contribution in [0.1, 0.15) is 26.3 Å². The van der Waals surface area contributed by atoms with Gasteiger partial charge in [0.1, 0.15) is 6.10 Å². The van der Waals surface area contributed by atoms with Crippen LogP contribution >= 0.6 is 15.9 Å². The lowest BCUT2D eigenvalue weighted by atomic mass is 9.99. The summed E-state index contributed by atoms with van der Waals surface area (Å²) >= 11 is 3.18. The van der Waals surface area contributed by atoms with E-state index in [1.807, 2.05) is 6.92 Å². The zero-order valence-electron chi connectivity index (χ0n) is 17.3. The lowest BCUT2D eigenvalue weighted by Gasteiger charge is -2.42. The van der Waals surface area contributed by atoms with E-state index in [1.54, 1.807) is 12.1 Å². The summed E-state index contributed by atoms with van der Waals surface area (Å²) in [6, 6.07) is 6.01. The van der Waals surface area contributed by atoms with Crippen LogP contribution in [-0.4, -0.2) is 62.4 Å². The quantitative estimate of drug-likeness (QED) is 0.225. The predicted octanol–water partition coefficient (Wildman–Crippen LogP) is 1.62. The molecular formula is C19H23BrO10S. The van der Waals surface area contributed by atoms with Gasteiger partial charge in [0.05, 0.1) is 11.5 Å². The number of esters is 3. The average molecular weight is 523 g/mol. The third kappa shape index (κ3) is 6.99. The molecule has 10 nitrogen and oxygen atoms in total. The van der Waals surface area contributed by atoms with Gasteiger partial charge in [0, 0.05) is 20.8 Å². The third-order valence-corrected chi connectivity index (χ3v) is 6.21. The Morgan fingerprint density at radius 1 is 0.903 bits per heavy atom. The second-order valence-corrected chi connectivity index (χ2v) is 9.32. The predicted molar refractivity (Wildman–Crippen MR) is 109 cm³/mol. The highest BCUT2D eigenvalue weighted by atomic mass is 79.9. The Kier molecular flexibility index (Phi) is 8.57. The molecule has 1 aliphatic rings. The molecule has 0 saturated carbocycles. The molecule has 1 heterocycles. The minimum Gasteiger partial charge on any atom is -0.456 e. The minimum absolute atomic E-state index is 0.0670. The minimum atomic E-state index is -4.15. The second-order valence-electron chi connectivity index (χ2n) is 6.80. The molecule has 0 aliphatic carbocycles. The first-order valence-corrected chi connectivity index (χ1v) is 11.5. The smallest absolute Gasteiger partial charge is 0.303 e. The van der Waals surface area contributed by atoms with Crippen LogP contribution in [0, 0.1) is 6.92 Å². The molecule has 0 aromatic heterocycles. The summed E-state index contributed by atoms with van der Waals surface area (Å²) in [4.78, 5) is 34.7. The van der Waals surface area contributed by atoms with Crippen molar-refractivity contribution in [1.82, 2.24) is 0 Å². The molecule has 0 N–H and O–H groups in total. The van der Waals surface area contributed by atoms with E-state index in [0.29, 0.717) is 0 Å². The summed E-state index contributed by atoms with van der Waals surface area (Å²) in [5.74, 6) is -2.16. The van der Waals surface area contributed by atoms with E-state index < -0.39 is 64.1 Å². The normalized spacial score (nSPS) is 26.0. The van der Waals surface area contributed by atoms with E-state index in [2.05, 4.69) is 15.9 Å². The number of benzene rings is 1. The molecule has 1 aliphatic heterocycles. The number of halogens is 1. The Labute approximate surface area is 188 Å². The van der Waals surface area contributed by atoms with Gasteiger partial charge in [-0.3, -0.25) is 18.6 Å². The summed E-state index contributed by atoms with van der Waals surface area (Å²) in [6.45, 7) is 4.64. The van der Waals surface area contributed by atoms with Gasteiger partial charge in [-0.05, 0) is 19.1 Å². The van der Waals surface area contributed by atoms with Crippen LogP contribution in [0.2, 0.25) is 0 Å². The molecule has 172 valence electrons. The first kappa shape index (κ1) is 25.2. The number of carbonyl (C=O) groups is 3. The number of aryl methyl sites for hydroxylation is 1. The van der Waals surface area contributed by atoms with Crippen molar-refractivity contribution in [2.45, 2.75) is 62.0 Å². The van der Waals surface area contributed by atoms with Crippen LogP contribution in [-0.2, 0) is 47.6 Å². The lowest BCUT2D eigenvalue weighted by Crippen LogP contribution is -2.60. The number of alkyl halides is 1. The first-order chi connectivity index (χ1) is 14.4. The van der Waals surface area contributed by atoms with Gasteiger partial charge in [0.25, 0.3) is 10.1 Å². The summed E-state index contributed by atoms with van der Waals surface area (Å²) < 4.78 is 51.4. The molecule has 1 unspecified atom stereocenters. The van der Waals surface area contributed by atoms with Crippen molar-refractivity contribution >= 4 is 44.0 Å². The average Bonchev–Trinajstić information content (AvgIpc) is 2.65. The maximum Gasteiger partial charge on any atom is 0.303 e. The molecule has 0 spiro atoms. The Balaban J connectivity index is 2.29. The highest BCUT2D eigenvalue weighted by Gasteiger charge is 2.51. The van der Waals surface area contributed by atoms with E-state index >= 15 is 0 Å². The molecule has 2 rings (SSSR count). The van der Waals surface area contributed by atoms with Gasteiger partial charge >= 0.3 is 17.9 Å². The SMILES string of the molecule is CC(=O)O[C@H]1[C@H](OC(C)=O)[C@@H](OC(C)=O)C(Br)O[C@@H]1COS(=O)(=O)c1ccc(C)cc1. The fourth-order valence-corrected chi connectivity index (χ4v) is 4.51. The summed E-state index contributed by atoms with van der Waals surface area (Å²) in [5, 5.41) is -0.997. The van der Waals surface area contributed by atoms with Gasteiger partial charge < -0.3 is 18.9 Å². The highest BCUT2D eigenvalue weighted by Crippen LogP contribution is 2.32. The van der Waals surface area contributed by atoms with Gasteiger partial charge in [-0.1, -0.05) is 33.6 Å². The zero-order chi connectivity index (χ0) is 23.3. The molecule has 5 atom stereocenters. The van der Waals surface area contributed by atoms with Gasteiger partial charge in [0.15, 0.2) is 23.3 Å². The number of carbonyl (C=O) groups excluding carboxylic acids is 3. The van der Waals surface area contributed by atoms with Crippen LogP contribution in [0.4, 0.5) is 0 Å². The van der Waals surface area contributed by atoms with Gasteiger partial charge in [-0.2, -0.15) is 8.42 Å². The van der Waals surface area contributed by atoms with E-state index in [0.717, 1.165) is 26.3 Å². The third-order valence-electron chi connectivity index (χ3n) is 4.18. The van der Waals surface area contributed by atoms with Crippen molar-refractivity contribution in [3.8, 4) is 0 Å². The Bertz CT molecular complexity index is 914.